The summed E-state index contributed by atoms with van der Waals surface area (Å²) in [4.78, 5) is 22.4. The molecule has 0 saturated carbocycles. The monoisotopic (exact) mass is 408 g/mol. The van der Waals surface area contributed by atoms with Crippen LogP contribution in [0.4, 0.5) is 0 Å². The Bertz CT molecular complexity index is 1220. The minimum atomic E-state index is -0.139. The van der Waals surface area contributed by atoms with Gasteiger partial charge in [0.2, 0.25) is 5.89 Å². The Balaban J connectivity index is 1.79. The van der Waals surface area contributed by atoms with Crippen molar-refractivity contribution in [3.05, 3.63) is 70.6 Å². The van der Waals surface area contributed by atoms with Crippen LogP contribution in [0.2, 0.25) is 0 Å². The minimum absolute atomic E-state index is 0.139. The summed E-state index contributed by atoms with van der Waals surface area (Å²) in [5.74, 6) is 2.42. The van der Waals surface area contributed by atoms with E-state index in [1.807, 2.05) is 56.3 Å². The molecule has 0 saturated heterocycles. The maximum Gasteiger partial charge on any atom is 0.266 e. The predicted octanol–water partition coefficient (Wildman–Crippen LogP) is 4.19. The Hall–Kier alpha value is -3.13. The largest absolute Gasteiger partial charge is 0.497 e. The summed E-state index contributed by atoms with van der Waals surface area (Å²) in [6.45, 7) is 4.01. The number of rotatable bonds is 6. The van der Waals surface area contributed by atoms with Crippen LogP contribution in [0.5, 0.6) is 5.75 Å². The third-order valence-electron chi connectivity index (χ3n) is 4.38. The van der Waals surface area contributed by atoms with E-state index in [1.165, 1.54) is 11.8 Å². The lowest BCUT2D eigenvalue weighted by Gasteiger charge is -2.13. The molecule has 8 heteroatoms. The van der Waals surface area contributed by atoms with Gasteiger partial charge in [0.25, 0.3) is 5.56 Å². The molecule has 2 aromatic heterocycles. The van der Waals surface area contributed by atoms with E-state index in [0.717, 1.165) is 0 Å². The second-order valence-corrected chi connectivity index (χ2v) is 7.69. The molecule has 0 aliphatic heterocycles. The topological polar surface area (TPSA) is 83.0 Å². The van der Waals surface area contributed by atoms with E-state index in [9.17, 15) is 4.79 Å². The number of para-hydroxylation sites is 1. The van der Waals surface area contributed by atoms with E-state index in [1.54, 1.807) is 17.7 Å². The average Bonchev–Trinajstić information content (AvgIpc) is 3.22. The van der Waals surface area contributed by atoms with Crippen LogP contribution in [0, 0.1) is 0 Å². The smallest absolute Gasteiger partial charge is 0.266 e. The Morgan fingerprint density at radius 3 is 2.72 bits per heavy atom. The molecule has 0 fully saturated rings. The van der Waals surface area contributed by atoms with Crippen molar-refractivity contribution in [2.45, 2.75) is 30.7 Å². The van der Waals surface area contributed by atoms with Gasteiger partial charge < -0.3 is 9.26 Å². The normalized spacial score (nSPS) is 11.3. The highest BCUT2D eigenvalue weighted by Gasteiger charge is 2.16. The van der Waals surface area contributed by atoms with Crippen LogP contribution in [0.3, 0.4) is 0 Å². The number of hydrogen-bond donors (Lipinski definition) is 0. The number of ether oxygens (including phenoxy) is 1. The summed E-state index contributed by atoms with van der Waals surface area (Å²) in [5.41, 5.74) is 1.19. The first-order chi connectivity index (χ1) is 14.1. The van der Waals surface area contributed by atoms with Gasteiger partial charge in [0, 0.05) is 12.0 Å². The van der Waals surface area contributed by atoms with Crippen molar-refractivity contribution in [1.29, 1.82) is 0 Å². The van der Waals surface area contributed by atoms with E-state index in [4.69, 9.17) is 14.2 Å². The van der Waals surface area contributed by atoms with E-state index < -0.39 is 0 Å². The van der Waals surface area contributed by atoms with Gasteiger partial charge in [-0.3, -0.25) is 9.36 Å². The number of benzene rings is 2. The maximum absolute atomic E-state index is 13.3. The van der Waals surface area contributed by atoms with Crippen molar-refractivity contribution in [1.82, 2.24) is 19.7 Å². The van der Waals surface area contributed by atoms with Crippen LogP contribution >= 0.6 is 11.8 Å². The predicted molar refractivity (Wildman–Crippen MR) is 112 cm³/mol. The third-order valence-corrected chi connectivity index (χ3v) is 5.30. The Labute approximate surface area is 171 Å². The van der Waals surface area contributed by atoms with Crippen LogP contribution < -0.4 is 10.3 Å². The van der Waals surface area contributed by atoms with Crippen LogP contribution in [-0.4, -0.2) is 26.8 Å². The summed E-state index contributed by atoms with van der Waals surface area (Å²) < 4.78 is 12.2. The fourth-order valence-corrected chi connectivity index (χ4v) is 3.72. The zero-order valence-corrected chi connectivity index (χ0v) is 17.1. The molecule has 0 unspecified atom stereocenters. The highest BCUT2D eigenvalue weighted by Crippen LogP contribution is 2.26. The zero-order valence-electron chi connectivity index (χ0n) is 16.3. The van der Waals surface area contributed by atoms with Gasteiger partial charge in [-0.25, -0.2) is 4.98 Å². The van der Waals surface area contributed by atoms with Crippen LogP contribution in [0.15, 0.2) is 63.0 Å². The summed E-state index contributed by atoms with van der Waals surface area (Å²) in [6, 6.07) is 14.7. The first kappa shape index (κ1) is 19.2. The molecule has 0 amide bonds. The molecule has 2 aromatic carbocycles. The SMILES string of the molecule is COc1cccc(-n2c(SCc3nc(C(C)C)no3)nc3ccccc3c2=O)c1. The molecule has 0 atom stereocenters. The molecule has 2 heterocycles. The Morgan fingerprint density at radius 2 is 1.97 bits per heavy atom. The molecule has 29 heavy (non-hydrogen) atoms. The number of nitrogens with zero attached hydrogens (tertiary/aromatic N) is 4. The second kappa shape index (κ2) is 8.08. The van der Waals surface area contributed by atoms with E-state index in [-0.39, 0.29) is 11.5 Å². The molecule has 4 aromatic rings. The molecule has 0 aliphatic rings. The second-order valence-electron chi connectivity index (χ2n) is 6.74. The Kier molecular flexibility index (Phi) is 5.35. The van der Waals surface area contributed by atoms with Crippen LogP contribution in [0.25, 0.3) is 16.6 Å². The van der Waals surface area contributed by atoms with Gasteiger partial charge >= 0.3 is 0 Å². The maximum atomic E-state index is 13.3. The van der Waals surface area contributed by atoms with Crippen LogP contribution in [0.1, 0.15) is 31.5 Å². The number of aromatic nitrogens is 4. The van der Waals surface area contributed by atoms with Crippen molar-refractivity contribution in [3.8, 4) is 11.4 Å². The van der Waals surface area contributed by atoms with Gasteiger partial charge in [-0.1, -0.05) is 49.0 Å². The summed E-state index contributed by atoms with van der Waals surface area (Å²) in [6.07, 6.45) is 0. The van der Waals surface area contributed by atoms with Gasteiger partial charge in [0.05, 0.1) is 29.5 Å². The summed E-state index contributed by atoms with van der Waals surface area (Å²) >= 11 is 1.38. The molecule has 0 radical (unpaired) electrons. The van der Waals surface area contributed by atoms with Gasteiger partial charge in [0.1, 0.15) is 5.75 Å². The van der Waals surface area contributed by atoms with Gasteiger partial charge in [-0.15, -0.1) is 0 Å². The highest BCUT2D eigenvalue weighted by atomic mass is 32.2. The molecule has 0 spiro atoms. The molecular formula is C21H20N4O3S. The molecule has 0 N–H and O–H groups in total. The number of fused-ring (bicyclic) bond motifs is 1. The average molecular weight is 408 g/mol. The van der Waals surface area contributed by atoms with Crippen molar-refractivity contribution in [3.63, 3.8) is 0 Å². The molecular weight excluding hydrogens is 388 g/mol. The molecule has 0 aliphatic carbocycles. The van der Waals surface area contributed by atoms with Gasteiger partial charge in [-0.05, 0) is 24.3 Å². The van der Waals surface area contributed by atoms with Gasteiger partial charge in [0.15, 0.2) is 11.0 Å². The third kappa shape index (κ3) is 3.88. The summed E-state index contributed by atoms with van der Waals surface area (Å²) in [7, 11) is 1.60. The lowest BCUT2D eigenvalue weighted by molar-refractivity contribution is 0.382. The van der Waals surface area contributed by atoms with Crippen molar-refractivity contribution in [2.24, 2.45) is 0 Å². The first-order valence-corrected chi connectivity index (χ1v) is 10.2. The lowest BCUT2D eigenvalue weighted by Crippen LogP contribution is -2.21. The molecule has 7 nitrogen and oxygen atoms in total. The summed E-state index contributed by atoms with van der Waals surface area (Å²) in [5, 5.41) is 5.10. The van der Waals surface area contributed by atoms with Gasteiger partial charge in [-0.2, -0.15) is 4.98 Å². The molecule has 0 bridgehead atoms. The zero-order chi connectivity index (χ0) is 20.4. The molecule has 4 rings (SSSR count). The van der Waals surface area contributed by atoms with Crippen LogP contribution in [-0.2, 0) is 5.75 Å². The number of hydrogen-bond acceptors (Lipinski definition) is 7. The van der Waals surface area contributed by atoms with E-state index in [0.29, 0.717) is 45.0 Å². The van der Waals surface area contributed by atoms with E-state index in [2.05, 4.69) is 10.1 Å². The first-order valence-electron chi connectivity index (χ1n) is 9.18. The number of thioether (sulfide) groups is 1. The lowest BCUT2D eigenvalue weighted by atomic mass is 10.2. The highest BCUT2D eigenvalue weighted by molar-refractivity contribution is 7.98. The quantitative estimate of drug-likeness (QED) is 0.349. The fourth-order valence-electron chi connectivity index (χ4n) is 2.87. The van der Waals surface area contributed by atoms with E-state index >= 15 is 0 Å². The fraction of sp³-hybridized carbons (Fsp3) is 0.238. The number of methoxy groups -OCH3 is 1. The van der Waals surface area contributed by atoms with Crippen molar-refractivity contribution < 1.29 is 9.26 Å². The van der Waals surface area contributed by atoms with Crippen molar-refractivity contribution >= 4 is 22.7 Å². The Morgan fingerprint density at radius 1 is 1.14 bits per heavy atom. The standard InChI is InChI=1S/C21H20N4O3S/c1-13(2)19-23-18(28-24-19)12-29-21-22-17-10-5-4-9-16(17)20(26)25(21)14-7-6-8-15(11-14)27-3/h4-11,13H,12H2,1-3H3. The molecule has 148 valence electrons. The van der Waals surface area contributed by atoms with Crippen molar-refractivity contribution in [2.75, 3.05) is 7.11 Å². The minimum Gasteiger partial charge on any atom is -0.497 e.